The van der Waals surface area contributed by atoms with E-state index in [2.05, 4.69) is 9.12 Å². The molecule has 37 heavy (non-hydrogen) atoms. The van der Waals surface area contributed by atoms with E-state index in [1.165, 1.54) is 29.2 Å². The minimum Gasteiger partial charge on any atom is -0.509 e. The first-order valence-electron chi connectivity index (χ1n) is 11.4. The van der Waals surface area contributed by atoms with Crippen molar-refractivity contribution >= 4 is 31.7 Å². The number of carbonyl (C=O) groups excluding carboxylic acids is 1. The first-order valence-corrected chi connectivity index (χ1v) is 14.8. The molecule has 2 aromatic carbocycles. The molecule has 198 valence electrons. The molecule has 0 aromatic heterocycles. The zero-order valence-electron chi connectivity index (χ0n) is 21.0. The summed E-state index contributed by atoms with van der Waals surface area (Å²) in [6, 6.07) is 8.13. The van der Waals surface area contributed by atoms with Gasteiger partial charge in [0.25, 0.3) is 15.9 Å². The topological polar surface area (TPSA) is 133 Å². The Hall–Kier alpha value is -3.09. The Morgan fingerprint density at radius 3 is 2.46 bits per heavy atom. The summed E-state index contributed by atoms with van der Waals surface area (Å²) in [5, 5.41) is 11.3. The van der Waals surface area contributed by atoms with Crippen molar-refractivity contribution in [2.75, 3.05) is 6.26 Å². The fraction of sp³-hybridized carbons (Fsp3) is 0.360. The van der Waals surface area contributed by atoms with Crippen molar-refractivity contribution < 1.29 is 31.1 Å². The molecular weight excluding hydrogens is 521 g/mol. The molecule has 2 aliphatic rings. The van der Waals surface area contributed by atoms with E-state index >= 15 is 0 Å². The Bertz CT molecular complexity index is 1590. The monoisotopic (exact) mass is 549 g/mol. The molecule has 2 aromatic rings. The summed E-state index contributed by atoms with van der Waals surface area (Å²) >= 11 is 0. The van der Waals surface area contributed by atoms with Gasteiger partial charge in [-0.3, -0.25) is 4.79 Å². The number of sulfonamides is 2. The van der Waals surface area contributed by atoms with E-state index in [4.69, 9.17) is 0 Å². The predicted molar refractivity (Wildman–Crippen MR) is 136 cm³/mol. The van der Waals surface area contributed by atoms with Gasteiger partial charge in [0.1, 0.15) is 27.8 Å². The number of nitrogens with zero attached hydrogens (tertiary/aromatic N) is 2. The van der Waals surface area contributed by atoms with Crippen LogP contribution in [0.25, 0.3) is 0 Å². The SMILES string of the molecule is Cc1cc(CN2C(=O)C(C3=NS(=O)(=O)c4c(CNS(C)(=O)=O)cccc43)=C(O)C2C(C)(C)C)ccc1F. The lowest BCUT2D eigenvalue weighted by molar-refractivity contribution is -0.129. The lowest BCUT2D eigenvalue weighted by Crippen LogP contribution is -2.43. The molecule has 9 nitrogen and oxygen atoms in total. The summed E-state index contributed by atoms with van der Waals surface area (Å²) in [4.78, 5) is 15.0. The highest BCUT2D eigenvalue weighted by Gasteiger charge is 2.49. The molecule has 1 unspecified atom stereocenters. The van der Waals surface area contributed by atoms with E-state index in [-0.39, 0.29) is 52.0 Å². The van der Waals surface area contributed by atoms with Crippen LogP contribution in [0, 0.1) is 18.2 Å². The van der Waals surface area contributed by atoms with Crippen molar-refractivity contribution in [3.05, 3.63) is 75.8 Å². The molecule has 0 aliphatic carbocycles. The number of carbonyl (C=O) groups is 1. The number of benzene rings is 2. The molecule has 4 rings (SSSR count). The van der Waals surface area contributed by atoms with Gasteiger partial charge in [-0.1, -0.05) is 51.1 Å². The summed E-state index contributed by atoms with van der Waals surface area (Å²) in [7, 11) is -7.89. The number of aliphatic hydroxyl groups is 1. The number of amides is 1. The first kappa shape index (κ1) is 27.0. The Morgan fingerprint density at radius 1 is 1.19 bits per heavy atom. The van der Waals surface area contributed by atoms with Crippen LogP contribution in [0.3, 0.4) is 0 Å². The molecule has 1 atom stereocenters. The van der Waals surface area contributed by atoms with Gasteiger partial charge in [-0.15, -0.1) is 0 Å². The predicted octanol–water partition coefficient (Wildman–Crippen LogP) is 2.94. The maximum absolute atomic E-state index is 13.8. The Labute approximate surface area is 215 Å². The molecule has 0 radical (unpaired) electrons. The molecule has 0 bridgehead atoms. The Morgan fingerprint density at radius 2 is 1.86 bits per heavy atom. The molecular formula is C25H28FN3O6S2. The van der Waals surface area contributed by atoms with Crippen molar-refractivity contribution in [2.45, 2.75) is 51.7 Å². The van der Waals surface area contributed by atoms with Crippen LogP contribution < -0.4 is 4.72 Å². The van der Waals surface area contributed by atoms with E-state index in [1.807, 2.05) is 20.8 Å². The fourth-order valence-electron chi connectivity index (χ4n) is 4.74. The maximum atomic E-state index is 13.8. The Balaban J connectivity index is 1.81. The number of fused-ring (bicyclic) bond motifs is 1. The minimum absolute atomic E-state index is 0.0562. The number of nitrogens with one attached hydrogen (secondary N) is 1. The van der Waals surface area contributed by atoms with Crippen LogP contribution in [0.1, 0.15) is 43.0 Å². The average molecular weight is 550 g/mol. The quantitative estimate of drug-likeness (QED) is 0.569. The van der Waals surface area contributed by atoms with Gasteiger partial charge in [-0.2, -0.15) is 12.8 Å². The number of halogens is 1. The number of hydrogen-bond acceptors (Lipinski definition) is 6. The zero-order chi connectivity index (χ0) is 27.5. The molecule has 2 aliphatic heterocycles. The van der Waals surface area contributed by atoms with Crippen LogP contribution >= 0.6 is 0 Å². The van der Waals surface area contributed by atoms with Gasteiger partial charge in [0.15, 0.2) is 0 Å². The number of rotatable bonds is 6. The summed E-state index contributed by atoms with van der Waals surface area (Å²) in [5.74, 6) is -1.30. The van der Waals surface area contributed by atoms with Gasteiger partial charge in [-0.05, 0) is 35.1 Å². The van der Waals surface area contributed by atoms with Crippen LogP contribution in [-0.4, -0.2) is 50.8 Å². The number of aliphatic hydroxyl groups excluding tert-OH is 1. The van der Waals surface area contributed by atoms with E-state index in [0.29, 0.717) is 11.1 Å². The van der Waals surface area contributed by atoms with Crippen LogP contribution in [0.4, 0.5) is 4.39 Å². The molecule has 2 heterocycles. The summed E-state index contributed by atoms with van der Waals surface area (Å²) < 4.78 is 69.2. The normalized spacial score (nSPS) is 19.4. The van der Waals surface area contributed by atoms with E-state index < -0.39 is 37.4 Å². The van der Waals surface area contributed by atoms with Crippen LogP contribution in [0.5, 0.6) is 0 Å². The standard InChI is InChI=1S/C25H28FN3O6S2/c1-14-11-15(9-10-18(14)26)13-29-23(25(2,3)4)21(30)19(24(29)31)20-17-8-6-7-16(12-27-36(5,32)33)22(17)37(34,35)28-20/h6-11,23,27,30H,12-13H2,1-5H3. The van der Waals surface area contributed by atoms with Gasteiger partial charge in [0.2, 0.25) is 10.0 Å². The highest BCUT2D eigenvalue weighted by molar-refractivity contribution is 7.91. The molecule has 0 saturated heterocycles. The van der Waals surface area contributed by atoms with E-state index in [9.17, 15) is 31.1 Å². The summed E-state index contributed by atoms with van der Waals surface area (Å²) in [6.45, 7) is 6.89. The highest BCUT2D eigenvalue weighted by atomic mass is 32.2. The summed E-state index contributed by atoms with van der Waals surface area (Å²) in [5.41, 5.74) is 0.266. The van der Waals surface area contributed by atoms with Gasteiger partial charge in [-0.25, -0.2) is 17.5 Å². The van der Waals surface area contributed by atoms with Crippen molar-refractivity contribution in [3.63, 3.8) is 0 Å². The van der Waals surface area contributed by atoms with E-state index in [1.54, 1.807) is 19.1 Å². The number of hydrogen-bond donors (Lipinski definition) is 2. The van der Waals surface area contributed by atoms with Crippen molar-refractivity contribution in [2.24, 2.45) is 9.81 Å². The van der Waals surface area contributed by atoms with Gasteiger partial charge >= 0.3 is 0 Å². The van der Waals surface area contributed by atoms with Crippen molar-refractivity contribution in [1.82, 2.24) is 9.62 Å². The van der Waals surface area contributed by atoms with Crippen LogP contribution in [0.2, 0.25) is 0 Å². The molecule has 2 N–H and O–H groups in total. The molecule has 12 heteroatoms. The molecule has 0 spiro atoms. The van der Waals surface area contributed by atoms with Crippen LogP contribution in [-0.2, 0) is 37.9 Å². The smallest absolute Gasteiger partial charge is 0.283 e. The molecule has 0 fully saturated rings. The Kier molecular flexibility index (Phi) is 6.58. The third-order valence-electron chi connectivity index (χ3n) is 6.28. The van der Waals surface area contributed by atoms with Gasteiger partial charge in [0.05, 0.1) is 12.3 Å². The van der Waals surface area contributed by atoms with Gasteiger partial charge in [0, 0.05) is 18.7 Å². The molecule has 1 amide bonds. The third kappa shape index (κ3) is 5.05. The summed E-state index contributed by atoms with van der Waals surface area (Å²) in [6.07, 6.45) is 0.955. The van der Waals surface area contributed by atoms with Crippen LogP contribution in [0.15, 0.2) is 57.0 Å². The zero-order valence-corrected chi connectivity index (χ0v) is 22.7. The van der Waals surface area contributed by atoms with Crippen molar-refractivity contribution in [1.29, 1.82) is 0 Å². The van der Waals surface area contributed by atoms with E-state index in [0.717, 1.165) is 6.26 Å². The van der Waals surface area contributed by atoms with Gasteiger partial charge < -0.3 is 10.0 Å². The van der Waals surface area contributed by atoms with Crippen molar-refractivity contribution in [3.8, 4) is 0 Å². The largest absolute Gasteiger partial charge is 0.509 e. The lowest BCUT2D eigenvalue weighted by atomic mass is 9.84. The second-order valence-electron chi connectivity index (χ2n) is 10.3. The molecule has 0 saturated carbocycles. The maximum Gasteiger partial charge on any atom is 0.283 e. The second kappa shape index (κ2) is 9.03. The average Bonchev–Trinajstić information content (AvgIpc) is 3.18. The third-order valence-corrected chi connectivity index (χ3v) is 8.37. The number of aryl methyl sites for hydroxylation is 1. The lowest BCUT2D eigenvalue weighted by Gasteiger charge is -2.35. The fourth-order valence-corrected chi connectivity index (χ4v) is 6.59. The highest BCUT2D eigenvalue weighted by Crippen LogP contribution is 2.41. The second-order valence-corrected chi connectivity index (χ2v) is 13.7. The first-order chi connectivity index (χ1) is 17.0. The minimum atomic E-state index is -4.28.